The van der Waals surface area contributed by atoms with E-state index in [-0.39, 0.29) is 0 Å². The molecule has 3 heterocycles. The molecule has 0 amide bonds. The van der Waals surface area contributed by atoms with Crippen molar-refractivity contribution in [2.24, 2.45) is 15.0 Å². The number of hydrogen-bond donors (Lipinski definition) is 0. The SMILES string of the molecule is C1=CC2=NC=NC3=CSC(=N1)N32. The molecule has 0 N–H and O–H groups in total. The predicted octanol–water partition coefficient (Wildman–Crippen LogP) is 1.16. The summed E-state index contributed by atoms with van der Waals surface area (Å²) in [5.74, 6) is 1.80. The van der Waals surface area contributed by atoms with Gasteiger partial charge in [-0.15, -0.1) is 0 Å². The Morgan fingerprint density at radius 2 is 2.33 bits per heavy atom. The molecule has 5 heteroatoms. The van der Waals surface area contributed by atoms with Crippen molar-refractivity contribution in [1.82, 2.24) is 4.90 Å². The number of aliphatic imine (C=N–C) groups is 3. The first-order valence-electron chi connectivity index (χ1n) is 3.47. The lowest BCUT2D eigenvalue weighted by Crippen LogP contribution is -2.33. The molecule has 0 aromatic carbocycles. The van der Waals surface area contributed by atoms with Crippen molar-refractivity contribution < 1.29 is 0 Å². The molecule has 3 aliphatic heterocycles. The minimum Gasteiger partial charge on any atom is -0.256 e. The van der Waals surface area contributed by atoms with E-state index in [2.05, 4.69) is 15.0 Å². The van der Waals surface area contributed by atoms with Crippen LogP contribution < -0.4 is 0 Å². The van der Waals surface area contributed by atoms with Crippen molar-refractivity contribution in [2.45, 2.75) is 0 Å². The van der Waals surface area contributed by atoms with Gasteiger partial charge in [0.25, 0.3) is 0 Å². The molecule has 0 radical (unpaired) electrons. The van der Waals surface area contributed by atoms with Crippen molar-refractivity contribution in [1.29, 1.82) is 0 Å². The quantitative estimate of drug-likeness (QED) is 0.555. The molecule has 0 aliphatic carbocycles. The van der Waals surface area contributed by atoms with Gasteiger partial charge >= 0.3 is 0 Å². The third kappa shape index (κ3) is 0.660. The maximum absolute atomic E-state index is 4.19. The van der Waals surface area contributed by atoms with E-state index in [9.17, 15) is 0 Å². The van der Waals surface area contributed by atoms with Gasteiger partial charge in [0.1, 0.15) is 18.0 Å². The highest BCUT2D eigenvalue weighted by atomic mass is 32.2. The van der Waals surface area contributed by atoms with Crippen LogP contribution in [0.5, 0.6) is 0 Å². The number of rotatable bonds is 0. The number of nitrogens with zero attached hydrogens (tertiary/aromatic N) is 4. The summed E-state index contributed by atoms with van der Waals surface area (Å²) >= 11 is 1.57. The molecule has 0 aromatic rings. The fraction of sp³-hybridized carbons (Fsp3) is 0. The standard InChI is InChI=1S/C7H4N4S/c1-2-8-7-11-5(1)9-4-10-6(11)3-12-7/h1-4H. The molecule has 0 unspecified atom stereocenters. The van der Waals surface area contributed by atoms with Crippen LogP contribution in [0.15, 0.2) is 38.5 Å². The minimum absolute atomic E-state index is 0.895. The van der Waals surface area contributed by atoms with Gasteiger partial charge in [-0.25, -0.2) is 15.0 Å². The molecular weight excluding hydrogens is 172 g/mol. The van der Waals surface area contributed by atoms with E-state index in [1.807, 2.05) is 16.4 Å². The van der Waals surface area contributed by atoms with Gasteiger partial charge in [0.05, 0.1) is 0 Å². The average Bonchev–Trinajstić information content (AvgIpc) is 2.52. The van der Waals surface area contributed by atoms with E-state index in [1.54, 1.807) is 24.3 Å². The normalized spacial score (nSPS) is 23.3. The fourth-order valence-electron chi connectivity index (χ4n) is 1.19. The maximum Gasteiger partial charge on any atom is 0.179 e. The highest BCUT2D eigenvalue weighted by Crippen LogP contribution is 2.30. The van der Waals surface area contributed by atoms with Gasteiger partial charge in [0.15, 0.2) is 5.17 Å². The zero-order valence-electron chi connectivity index (χ0n) is 6.01. The van der Waals surface area contributed by atoms with Crippen LogP contribution in [0.1, 0.15) is 0 Å². The highest BCUT2D eigenvalue weighted by molar-refractivity contribution is 8.16. The lowest BCUT2D eigenvalue weighted by Gasteiger charge is -2.22. The van der Waals surface area contributed by atoms with Crippen LogP contribution in [0.25, 0.3) is 0 Å². The van der Waals surface area contributed by atoms with Crippen molar-refractivity contribution in [3.05, 3.63) is 23.5 Å². The van der Waals surface area contributed by atoms with E-state index in [4.69, 9.17) is 0 Å². The number of hydrogen-bond acceptors (Lipinski definition) is 5. The summed E-state index contributed by atoms with van der Waals surface area (Å²) in [6, 6.07) is 0. The fourth-order valence-corrected chi connectivity index (χ4v) is 1.98. The Bertz CT molecular complexity index is 388. The van der Waals surface area contributed by atoms with Crippen molar-refractivity contribution in [2.75, 3.05) is 0 Å². The highest BCUT2D eigenvalue weighted by Gasteiger charge is 2.28. The molecule has 0 bridgehead atoms. The van der Waals surface area contributed by atoms with Crippen LogP contribution in [0.3, 0.4) is 0 Å². The molecule has 12 heavy (non-hydrogen) atoms. The first-order valence-corrected chi connectivity index (χ1v) is 4.35. The van der Waals surface area contributed by atoms with Crippen molar-refractivity contribution >= 4 is 29.1 Å². The molecule has 0 spiro atoms. The maximum atomic E-state index is 4.19. The van der Waals surface area contributed by atoms with E-state index in [0.717, 1.165) is 16.8 Å². The van der Waals surface area contributed by atoms with Crippen LogP contribution in [-0.2, 0) is 0 Å². The summed E-state index contributed by atoms with van der Waals surface area (Å²) in [6.45, 7) is 0. The van der Waals surface area contributed by atoms with E-state index in [1.165, 1.54) is 0 Å². The van der Waals surface area contributed by atoms with Crippen LogP contribution in [0, 0.1) is 0 Å². The van der Waals surface area contributed by atoms with Crippen molar-refractivity contribution in [3.63, 3.8) is 0 Å². The van der Waals surface area contributed by atoms with Gasteiger partial charge < -0.3 is 0 Å². The van der Waals surface area contributed by atoms with Gasteiger partial charge in [-0.1, -0.05) is 11.8 Å². The average molecular weight is 176 g/mol. The minimum atomic E-state index is 0.895. The summed E-state index contributed by atoms with van der Waals surface area (Å²) in [4.78, 5) is 14.4. The second kappa shape index (κ2) is 2.07. The van der Waals surface area contributed by atoms with Gasteiger partial charge in [0.2, 0.25) is 0 Å². The summed E-state index contributed by atoms with van der Waals surface area (Å²) in [5, 5.41) is 2.90. The number of thioether (sulfide) groups is 1. The van der Waals surface area contributed by atoms with Crippen LogP contribution in [-0.4, -0.2) is 22.2 Å². The first kappa shape index (κ1) is 6.19. The van der Waals surface area contributed by atoms with E-state index < -0.39 is 0 Å². The Balaban J connectivity index is 2.22. The topological polar surface area (TPSA) is 40.3 Å². The molecule has 0 atom stereocenters. The largest absolute Gasteiger partial charge is 0.256 e. The molecular formula is C7H4N4S. The molecule has 0 saturated heterocycles. The van der Waals surface area contributed by atoms with Crippen LogP contribution >= 0.6 is 11.8 Å². The van der Waals surface area contributed by atoms with Crippen molar-refractivity contribution in [3.8, 4) is 0 Å². The third-order valence-electron chi connectivity index (χ3n) is 1.71. The van der Waals surface area contributed by atoms with Gasteiger partial charge in [-0.05, 0) is 6.08 Å². The Morgan fingerprint density at radius 1 is 1.33 bits per heavy atom. The molecule has 0 fully saturated rings. The first-order chi connectivity index (χ1) is 5.95. The summed E-state index contributed by atoms with van der Waals surface area (Å²) in [6.07, 6.45) is 5.19. The van der Waals surface area contributed by atoms with Gasteiger partial charge in [-0.2, -0.15) is 0 Å². The molecule has 3 aliphatic rings. The summed E-state index contributed by atoms with van der Waals surface area (Å²) < 4.78 is 0. The summed E-state index contributed by atoms with van der Waals surface area (Å²) in [5.41, 5.74) is 0. The lowest BCUT2D eigenvalue weighted by molar-refractivity contribution is 0.752. The van der Waals surface area contributed by atoms with Crippen LogP contribution in [0.2, 0.25) is 0 Å². The zero-order valence-corrected chi connectivity index (χ0v) is 6.82. The van der Waals surface area contributed by atoms with Gasteiger partial charge in [0, 0.05) is 11.6 Å². The zero-order chi connectivity index (χ0) is 7.97. The molecule has 0 saturated carbocycles. The van der Waals surface area contributed by atoms with Gasteiger partial charge in [-0.3, -0.25) is 4.90 Å². The monoisotopic (exact) mass is 176 g/mol. The van der Waals surface area contributed by atoms with Crippen LogP contribution in [0.4, 0.5) is 0 Å². The molecule has 58 valence electrons. The molecule has 0 aromatic heterocycles. The third-order valence-corrected chi connectivity index (χ3v) is 2.54. The number of amidine groups is 2. The molecule has 4 nitrogen and oxygen atoms in total. The van der Waals surface area contributed by atoms with E-state index >= 15 is 0 Å². The predicted molar refractivity (Wildman–Crippen MR) is 50.0 cm³/mol. The lowest BCUT2D eigenvalue weighted by atomic mass is 10.4. The Hall–Kier alpha value is -1.36. The second-order valence-corrected chi connectivity index (χ2v) is 3.23. The molecule has 3 rings (SSSR count). The second-order valence-electron chi connectivity index (χ2n) is 2.39. The Labute approximate surface area is 73.1 Å². The Morgan fingerprint density at radius 3 is 3.33 bits per heavy atom. The van der Waals surface area contributed by atoms with E-state index in [0.29, 0.717) is 0 Å². The smallest absolute Gasteiger partial charge is 0.179 e. The Kier molecular flexibility index (Phi) is 1.07. The summed E-state index contributed by atoms with van der Waals surface area (Å²) in [7, 11) is 0.